The van der Waals surface area contributed by atoms with Crippen molar-refractivity contribution < 1.29 is 22.9 Å². The Labute approximate surface area is 144 Å². The fraction of sp³-hybridized carbons (Fsp3) is 0.0667. The van der Waals surface area contributed by atoms with E-state index in [0.717, 1.165) is 24.4 Å². The van der Waals surface area contributed by atoms with Gasteiger partial charge in [0, 0.05) is 28.3 Å². The zero-order valence-corrected chi connectivity index (χ0v) is 13.0. The van der Waals surface area contributed by atoms with Crippen LogP contribution in [0.4, 0.5) is 18.9 Å². The SMILES string of the molecule is O=C(N/N=C\c1cc([N+](=O)[O-])ccc1Cl)c1cccc(C(F)(F)F)c1. The molecule has 0 saturated carbocycles. The van der Waals surface area contributed by atoms with Gasteiger partial charge in [0.1, 0.15) is 0 Å². The first-order chi connectivity index (χ1) is 11.7. The number of alkyl halides is 3. The lowest BCUT2D eigenvalue weighted by atomic mass is 10.1. The minimum atomic E-state index is -4.57. The highest BCUT2D eigenvalue weighted by Crippen LogP contribution is 2.29. The van der Waals surface area contributed by atoms with E-state index in [0.29, 0.717) is 6.07 Å². The van der Waals surface area contributed by atoms with Crippen LogP contribution in [0.15, 0.2) is 47.6 Å². The van der Waals surface area contributed by atoms with E-state index in [1.54, 1.807) is 0 Å². The van der Waals surface area contributed by atoms with Gasteiger partial charge in [-0.25, -0.2) is 5.43 Å². The zero-order valence-electron chi connectivity index (χ0n) is 12.2. The second kappa shape index (κ2) is 7.31. The second-order valence-electron chi connectivity index (χ2n) is 4.74. The molecule has 0 atom stereocenters. The first-order valence-corrected chi connectivity index (χ1v) is 7.01. The number of benzene rings is 2. The van der Waals surface area contributed by atoms with Crippen molar-refractivity contribution in [3.63, 3.8) is 0 Å². The standard InChI is InChI=1S/C15H9ClF3N3O3/c16-13-5-4-12(22(24)25)7-10(13)8-20-21-14(23)9-2-1-3-11(6-9)15(17,18)19/h1-8H,(H,21,23)/b20-8-. The predicted octanol–water partition coefficient (Wildman–Crippen LogP) is 4.03. The Kier molecular flexibility index (Phi) is 5.38. The highest BCUT2D eigenvalue weighted by molar-refractivity contribution is 6.33. The number of halogens is 4. The Balaban J connectivity index is 2.14. The van der Waals surface area contributed by atoms with Crippen molar-refractivity contribution in [3.05, 3.63) is 74.3 Å². The first kappa shape index (κ1) is 18.4. The molecule has 0 fully saturated rings. The first-order valence-electron chi connectivity index (χ1n) is 6.63. The molecule has 0 saturated heterocycles. The third-order valence-electron chi connectivity index (χ3n) is 3.01. The molecule has 0 aromatic heterocycles. The normalized spacial score (nSPS) is 11.5. The summed E-state index contributed by atoms with van der Waals surface area (Å²) in [5.74, 6) is -0.871. The van der Waals surface area contributed by atoms with Crippen LogP contribution in [0.2, 0.25) is 5.02 Å². The van der Waals surface area contributed by atoms with Gasteiger partial charge in [0.25, 0.3) is 11.6 Å². The summed E-state index contributed by atoms with van der Waals surface area (Å²) in [7, 11) is 0. The molecule has 0 spiro atoms. The average molecular weight is 372 g/mol. The molecule has 0 bridgehead atoms. The molecule has 0 aliphatic carbocycles. The fourth-order valence-electron chi connectivity index (χ4n) is 1.81. The molecule has 2 rings (SSSR count). The quantitative estimate of drug-likeness (QED) is 0.500. The van der Waals surface area contributed by atoms with E-state index in [1.807, 2.05) is 5.43 Å². The number of non-ortho nitro benzene ring substituents is 1. The zero-order chi connectivity index (χ0) is 18.6. The van der Waals surface area contributed by atoms with E-state index in [9.17, 15) is 28.1 Å². The van der Waals surface area contributed by atoms with Gasteiger partial charge in [-0.1, -0.05) is 17.7 Å². The van der Waals surface area contributed by atoms with Crippen LogP contribution >= 0.6 is 11.6 Å². The van der Waals surface area contributed by atoms with E-state index < -0.39 is 22.6 Å². The molecular weight excluding hydrogens is 363 g/mol. The van der Waals surface area contributed by atoms with Gasteiger partial charge >= 0.3 is 6.18 Å². The maximum absolute atomic E-state index is 12.6. The van der Waals surface area contributed by atoms with Gasteiger partial charge in [-0.2, -0.15) is 18.3 Å². The van der Waals surface area contributed by atoms with Crippen molar-refractivity contribution in [1.29, 1.82) is 0 Å². The minimum Gasteiger partial charge on any atom is -0.267 e. The lowest BCUT2D eigenvalue weighted by molar-refractivity contribution is -0.384. The predicted molar refractivity (Wildman–Crippen MR) is 84.6 cm³/mol. The van der Waals surface area contributed by atoms with Crippen molar-refractivity contribution >= 4 is 29.4 Å². The Hall–Kier alpha value is -2.94. The summed E-state index contributed by atoms with van der Waals surface area (Å²) in [5, 5.41) is 14.4. The molecule has 0 heterocycles. The lowest BCUT2D eigenvalue weighted by Crippen LogP contribution is -2.18. The Morgan fingerprint density at radius 1 is 1.24 bits per heavy atom. The largest absolute Gasteiger partial charge is 0.416 e. The van der Waals surface area contributed by atoms with Crippen molar-refractivity contribution in [3.8, 4) is 0 Å². The molecular formula is C15H9ClF3N3O3. The van der Waals surface area contributed by atoms with Crippen LogP contribution in [0.5, 0.6) is 0 Å². The molecule has 0 aliphatic heterocycles. The molecule has 10 heteroatoms. The molecule has 2 aromatic carbocycles. The molecule has 6 nitrogen and oxygen atoms in total. The van der Waals surface area contributed by atoms with Gasteiger partial charge in [0.2, 0.25) is 0 Å². The molecule has 1 N–H and O–H groups in total. The molecule has 0 aliphatic rings. The number of nitro groups is 1. The van der Waals surface area contributed by atoms with E-state index in [-0.39, 0.29) is 21.8 Å². The van der Waals surface area contributed by atoms with Crippen LogP contribution in [0, 0.1) is 10.1 Å². The lowest BCUT2D eigenvalue weighted by Gasteiger charge is -2.07. The highest BCUT2D eigenvalue weighted by Gasteiger charge is 2.30. The number of amides is 1. The van der Waals surface area contributed by atoms with Crippen LogP contribution in [0.3, 0.4) is 0 Å². The number of hydrazone groups is 1. The number of nitrogens with zero attached hydrogens (tertiary/aromatic N) is 2. The second-order valence-corrected chi connectivity index (χ2v) is 5.15. The van der Waals surface area contributed by atoms with Gasteiger partial charge in [0.05, 0.1) is 16.7 Å². The summed E-state index contributed by atoms with van der Waals surface area (Å²) in [6, 6.07) is 7.44. The third kappa shape index (κ3) is 4.77. The summed E-state index contributed by atoms with van der Waals surface area (Å²) in [4.78, 5) is 21.9. The number of carbonyl (C=O) groups is 1. The number of nitrogens with one attached hydrogen (secondary N) is 1. The molecule has 2 aromatic rings. The minimum absolute atomic E-state index is 0.155. The van der Waals surface area contributed by atoms with Crippen LogP contribution < -0.4 is 5.43 Å². The third-order valence-corrected chi connectivity index (χ3v) is 3.36. The summed E-state index contributed by atoms with van der Waals surface area (Å²) in [6.45, 7) is 0. The summed E-state index contributed by atoms with van der Waals surface area (Å²) in [6.07, 6.45) is -3.52. The number of rotatable bonds is 4. The maximum atomic E-state index is 12.6. The van der Waals surface area contributed by atoms with Gasteiger partial charge < -0.3 is 0 Å². The number of nitro benzene ring substituents is 1. The molecule has 25 heavy (non-hydrogen) atoms. The van der Waals surface area contributed by atoms with Crippen LogP contribution in [0.1, 0.15) is 21.5 Å². The van der Waals surface area contributed by atoms with E-state index in [2.05, 4.69) is 5.10 Å². The van der Waals surface area contributed by atoms with E-state index in [4.69, 9.17) is 11.6 Å². The van der Waals surface area contributed by atoms with Gasteiger partial charge in [-0.05, 0) is 24.3 Å². The maximum Gasteiger partial charge on any atom is 0.416 e. The van der Waals surface area contributed by atoms with Crippen molar-refractivity contribution in [2.24, 2.45) is 5.10 Å². The van der Waals surface area contributed by atoms with Crippen LogP contribution in [-0.4, -0.2) is 17.0 Å². The smallest absolute Gasteiger partial charge is 0.267 e. The molecule has 0 radical (unpaired) electrons. The Morgan fingerprint density at radius 3 is 2.60 bits per heavy atom. The average Bonchev–Trinajstić information content (AvgIpc) is 2.55. The number of hydrogen-bond donors (Lipinski definition) is 1. The molecule has 0 unspecified atom stereocenters. The summed E-state index contributed by atoms with van der Waals surface area (Å²) in [5.41, 5.74) is 0.771. The van der Waals surface area contributed by atoms with E-state index in [1.165, 1.54) is 18.2 Å². The molecule has 130 valence electrons. The Bertz CT molecular complexity index is 853. The highest BCUT2D eigenvalue weighted by atomic mass is 35.5. The van der Waals surface area contributed by atoms with Crippen LogP contribution in [-0.2, 0) is 6.18 Å². The van der Waals surface area contributed by atoms with E-state index >= 15 is 0 Å². The summed E-state index contributed by atoms with van der Waals surface area (Å²) < 4.78 is 37.9. The Morgan fingerprint density at radius 2 is 1.96 bits per heavy atom. The van der Waals surface area contributed by atoms with Gasteiger partial charge in [-0.15, -0.1) is 0 Å². The molecule has 1 amide bonds. The monoisotopic (exact) mass is 371 g/mol. The van der Waals surface area contributed by atoms with Crippen molar-refractivity contribution in [1.82, 2.24) is 5.43 Å². The van der Waals surface area contributed by atoms with Crippen molar-refractivity contribution in [2.75, 3.05) is 0 Å². The fourth-order valence-corrected chi connectivity index (χ4v) is 1.97. The summed E-state index contributed by atoms with van der Waals surface area (Å²) >= 11 is 5.85. The van der Waals surface area contributed by atoms with Gasteiger partial charge in [-0.3, -0.25) is 14.9 Å². The van der Waals surface area contributed by atoms with Gasteiger partial charge in [0.15, 0.2) is 0 Å². The number of carbonyl (C=O) groups excluding carboxylic acids is 1. The van der Waals surface area contributed by atoms with Crippen LogP contribution in [0.25, 0.3) is 0 Å². The van der Waals surface area contributed by atoms with Crippen molar-refractivity contribution in [2.45, 2.75) is 6.18 Å². The number of hydrogen-bond acceptors (Lipinski definition) is 4. The topological polar surface area (TPSA) is 84.6 Å².